The van der Waals surface area contributed by atoms with Crippen LogP contribution in [0.1, 0.15) is 24.6 Å². The third kappa shape index (κ3) is 1.58. The molecule has 1 aliphatic rings. The second-order valence-electron chi connectivity index (χ2n) is 3.89. The summed E-state index contributed by atoms with van der Waals surface area (Å²) in [7, 11) is 0. The third-order valence-corrected chi connectivity index (χ3v) is 3.26. The zero-order valence-electron chi connectivity index (χ0n) is 8.10. The van der Waals surface area contributed by atoms with Crippen LogP contribution in [-0.4, -0.2) is 16.0 Å². The van der Waals surface area contributed by atoms with Crippen molar-refractivity contribution in [2.45, 2.75) is 31.3 Å². The summed E-state index contributed by atoms with van der Waals surface area (Å²) in [6, 6.07) is 3.41. The number of alkyl halides is 2. The number of fused-ring (bicyclic) bond motifs is 1. The van der Waals surface area contributed by atoms with Gasteiger partial charge in [0.25, 0.3) is 5.92 Å². The maximum atomic E-state index is 13.3. The SMILES string of the molecule is CC(F)(F)C1(O)CCc2ccc(Br)nc21. The van der Waals surface area contributed by atoms with Gasteiger partial charge in [-0.25, -0.2) is 13.8 Å². The summed E-state index contributed by atoms with van der Waals surface area (Å²) in [6.07, 6.45) is 0.463. The van der Waals surface area contributed by atoms with E-state index in [0.717, 1.165) is 6.92 Å². The van der Waals surface area contributed by atoms with Crippen molar-refractivity contribution in [2.75, 3.05) is 0 Å². The normalized spacial score (nSPS) is 25.4. The Labute approximate surface area is 94.5 Å². The first-order valence-corrected chi connectivity index (χ1v) is 5.40. The molecule has 15 heavy (non-hydrogen) atoms. The minimum absolute atomic E-state index is 0.0231. The van der Waals surface area contributed by atoms with Crippen LogP contribution < -0.4 is 0 Å². The van der Waals surface area contributed by atoms with E-state index in [0.29, 0.717) is 16.6 Å². The number of nitrogens with zero attached hydrogens (tertiary/aromatic N) is 1. The largest absolute Gasteiger partial charge is 0.377 e. The van der Waals surface area contributed by atoms with Gasteiger partial charge in [0.1, 0.15) is 4.60 Å². The first-order valence-electron chi connectivity index (χ1n) is 4.61. The number of aliphatic hydroxyl groups is 1. The number of aromatic nitrogens is 1. The Bertz CT molecular complexity index is 405. The Morgan fingerprint density at radius 3 is 2.80 bits per heavy atom. The van der Waals surface area contributed by atoms with E-state index in [2.05, 4.69) is 20.9 Å². The number of rotatable bonds is 1. The lowest BCUT2D eigenvalue weighted by Gasteiger charge is -2.29. The highest BCUT2D eigenvalue weighted by atomic mass is 79.9. The van der Waals surface area contributed by atoms with Crippen molar-refractivity contribution in [2.24, 2.45) is 0 Å². The fourth-order valence-electron chi connectivity index (χ4n) is 1.89. The highest BCUT2D eigenvalue weighted by molar-refractivity contribution is 9.10. The summed E-state index contributed by atoms with van der Waals surface area (Å²) >= 11 is 3.12. The van der Waals surface area contributed by atoms with Gasteiger partial charge in [-0.3, -0.25) is 0 Å². The van der Waals surface area contributed by atoms with Crippen molar-refractivity contribution in [3.63, 3.8) is 0 Å². The second kappa shape index (κ2) is 3.22. The molecule has 0 bridgehead atoms. The molecule has 1 aromatic heterocycles. The smallest absolute Gasteiger partial charge is 0.279 e. The minimum Gasteiger partial charge on any atom is -0.377 e. The molecule has 2 rings (SSSR count). The van der Waals surface area contributed by atoms with Gasteiger partial charge >= 0.3 is 0 Å². The number of hydrogen-bond acceptors (Lipinski definition) is 2. The Balaban J connectivity index is 2.56. The Morgan fingerprint density at radius 1 is 1.53 bits per heavy atom. The summed E-state index contributed by atoms with van der Waals surface area (Å²) < 4.78 is 27.1. The van der Waals surface area contributed by atoms with Crippen LogP contribution in [0.15, 0.2) is 16.7 Å². The first kappa shape index (κ1) is 11.0. The fourth-order valence-corrected chi connectivity index (χ4v) is 2.19. The van der Waals surface area contributed by atoms with Gasteiger partial charge in [-0.1, -0.05) is 6.07 Å². The number of aryl methyl sites for hydroxylation is 1. The van der Waals surface area contributed by atoms with Gasteiger partial charge in [0.15, 0.2) is 5.60 Å². The van der Waals surface area contributed by atoms with Crippen molar-refractivity contribution in [3.8, 4) is 0 Å². The number of halogens is 3. The van der Waals surface area contributed by atoms with Crippen LogP contribution in [-0.2, 0) is 12.0 Å². The van der Waals surface area contributed by atoms with Gasteiger partial charge in [0.2, 0.25) is 0 Å². The maximum absolute atomic E-state index is 13.3. The zero-order chi connectivity index (χ0) is 11.3. The molecular weight excluding hydrogens is 268 g/mol. The van der Waals surface area contributed by atoms with Gasteiger partial charge in [-0.15, -0.1) is 0 Å². The van der Waals surface area contributed by atoms with Gasteiger partial charge in [-0.05, 0) is 40.4 Å². The average molecular weight is 278 g/mol. The van der Waals surface area contributed by atoms with Crippen LogP contribution >= 0.6 is 15.9 Å². The molecule has 1 aliphatic carbocycles. The maximum Gasteiger partial charge on any atom is 0.279 e. The fraction of sp³-hybridized carbons (Fsp3) is 0.500. The minimum atomic E-state index is -3.17. The van der Waals surface area contributed by atoms with Gasteiger partial charge in [0.05, 0.1) is 5.69 Å². The molecule has 0 saturated heterocycles. The van der Waals surface area contributed by atoms with Crippen molar-refractivity contribution in [3.05, 3.63) is 28.0 Å². The van der Waals surface area contributed by atoms with E-state index in [9.17, 15) is 13.9 Å². The summed E-state index contributed by atoms with van der Waals surface area (Å²) in [5.74, 6) is -3.17. The number of pyridine rings is 1. The van der Waals surface area contributed by atoms with Gasteiger partial charge < -0.3 is 5.11 Å². The van der Waals surface area contributed by atoms with E-state index < -0.39 is 11.5 Å². The average Bonchev–Trinajstić information content (AvgIpc) is 2.44. The van der Waals surface area contributed by atoms with Crippen LogP contribution in [0.4, 0.5) is 8.78 Å². The van der Waals surface area contributed by atoms with E-state index in [-0.39, 0.29) is 12.1 Å². The number of hydrogen-bond donors (Lipinski definition) is 1. The van der Waals surface area contributed by atoms with Crippen LogP contribution in [0, 0.1) is 0 Å². The van der Waals surface area contributed by atoms with E-state index in [1.807, 2.05) is 0 Å². The summed E-state index contributed by atoms with van der Waals surface area (Å²) in [5, 5.41) is 9.97. The molecule has 0 fully saturated rings. The van der Waals surface area contributed by atoms with E-state index in [4.69, 9.17) is 0 Å². The molecule has 1 atom stereocenters. The molecule has 5 heteroatoms. The molecule has 0 aromatic carbocycles. The standard InChI is InChI=1S/C10H10BrF2NO/c1-9(12,13)10(15)5-4-6-2-3-7(11)14-8(6)10/h2-3,15H,4-5H2,1H3. The molecule has 0 radical (unpaired) electrons. The van der Waals surface area contributed by atoms with Crippen molar-refractivity contribution < 1.29 is 13.9 Å². The highest BCUT2D eigenvalue weighted by Gasteiger charge is 2.54. The molecule has 1 aromatic rings. The molecule has 0 aliphatic heterocycles. The van der Waals surface area contributed by atoms with E-state index >= 15 is 0 Å². The predicted octanol–water partition coefficient (Wildman–Crippen LogP) is 2.63. The van der Waals surface area contributed by atoms with E-state index in [1.54, 1.807) is 12.1 Å². The molecule has 2 nitrogen and oxygen atoms in total. The zero-order valence-corrected chi connectivity index (χ0v) is 9.68. The topological polar surface area (TPSA) is 33.1 Å². The molecular formula is C10H10BrF2NO. The summed E-state index contributed by atoms with van der Waals surface area (Å²) in [4.78, 5) is 3.96. The molecule has 82 valence electrons. The molecule has 0 amide bonds. The van der Waals surface area contributed by atoms with Crippen LogP contribution in [0.3, 0.4) is 0 Å². The van der Waals surface area contributed by atoms with Crippen molar-refractivity contribution >= 4 is 15.9 Å². The van der Waals surface area contributed by atoms with Gasteiger partial charge in [0, 0.05) is 6.92 Å². The van der Waals surface area contributed by atoms with Crippen LogP contribution in [0.2, 0.25) is 0 Å². The third-order valence-electron chi connectivity index (χ3n) is 2.82. The van der Waals surface area contributed by atoms with Crippen molar-refractivity contribution in [1.82, 2.24) is 4.98 Å². The summed E-state index contributed by atoms with van der Waals surface area (Å²) in [5.41, 5.74) is -1.32. The predicted molar refractivity (Wildman–Crippen MR) is 54.8 cm³/mol. The lowest BCUT2D eigenvalue weighted by molar-refractivity contribution is -0.176. The Hall–Kier alpha value is -0.550. The monoisotopic (exact) mass is 277 g/mol. The van der Waals surface area contributed by atoms with E-state index in [1.165, 1.54) is 0 Å². The first-order chi connectivity index (χ1) is 6.84. The molecule has 1 heterocycles. The van der Waals surface area contributed by atoms with Crippen molar-refractivity contribution in [1.29, 1.82) is 0 Å². The lowest BCUT2D eigenvalue weighted by atomic mass is 9.94. The Kier molecular flexibility index (Phi) is 2.35. The quantitative estimate of drug-likeness (QED) is 0.801. The Morgan fingerprint density at radius 2 is 2.20 bits per heavy atom. The lowest BCUT2D eigenvalue weighted by Crippen LogP contribution is -2.41. The second-order valence-corrected chi connectivity index (χ2v) is 4.70. The highest BCUT2D eigenvalue weighted by Crippen LogP contribution is 2.46. The van der Waals surface area contributed by atoms with Crippen LogP contribution in [0.25, 0.3) is 0 Å². The van der Waals surface area contributed by atoms with Gasteiger partial charge in [-0.2, -0.15) is 0 Å². The molecule has 0 spiro atoms. The van der Waals surface area contributed by atoms with Crippen LogP contribution in [0.5, 0.6) is 0 Å². The summed E-state index contributed by atoms with van der Waals surface area (Å²) in [6.45, 7) is 0.727. The molecule has 0 saturated carbocycles. The molecule has 1 N–H and O–H groups in total. The molecule has 1 unspecified atom stereocenters.